The van der Waals surface area contributed by atoms with Gasteiger partial charge in [0.25, 0.3) is 11.8 Å². The van der Waals surface area contributed by atoms with Gasteiger partial charge in [0.1, 0.15) is 0 Å². The van der Waals surface area contributed by atoms with Crippen molar-refractivity contribution < 1.29 is 19.2 Å². The normalized spacial score (nSPS) is 13.1. The van der Waals surface area contributed by atoms with E-state index in [4.69, 9.17) is 11.3 Å². The van der Waals surface area contributed by atoms with Gasteiger partial charge in [-0.3, -0.25) is 9.59 Å². The average molecular weight is 365 g/mol. The number of hydroxylamine groups is 2. The number of unbranched alkanes of at least 4 members (excludes halogenated alkanes) is 5. The zero-order valence-corrected chi connectivity index (χ0v) is 15.3. The van der Waals surface area contributed by atoms with Gasteiger partial charge in [-0.2, -0.15) is 0 Å². The van der Waals surface area contributed by atoms with Gasteiger partial charge in [0.2, 0.25) is 0 Å². The van der Waals surface area contributed by atoms with Crippen molar-refractivity contribution in [2.75, 3.05) is 0 Å². The maximum Gasteiger partial charge on any atom is 0.337 e. The van der Waals surface area contributed by atoms with E-state index in [1.807, 2.05) is 12.1 Å². The Morgan fingerprint density at radius 3 is 2.26 bits per heavy atom. The number of hydrogen-bond acceptors (Lipinski definition) is 4. The van der Waals surface area contributed by atoms with E-state index in [1.54, 1.807) is 12.1 Å². The topological polar surface area (TPSA) is 63.7 Å². The summed E-state index contributed by atoms with van der Waals surface area (Å²) in [6, 6.07) is 7.26. The monoisotopic (exact) mass is 365 g/mol. The summed E-state index contributed by atoms with van der Waals surface area (Å²) in [7, 11) is 0. The van der Waals surface area contributed by atoms with Crippen molar-refractivity contribution in [3.63, 3.8) is 0 Å². The van der Waals surface area contributed by atoms with E-state index in [-0.39, 0.29) is 19.3 Å². The summed E-state index contributed by atoms with van der Waals surface area (Å²) in [6.45, 7) is 0. The van der Waals surface area contributed by atoms with Crippen LogP contribution in [0.4, 0.5) is 0 Å². The molecule has 1 aliphatic rings. The molecule has 0 aliphatic carbocycles. The van der Waals surface area contributed by atoms with Crippen LogP contribution in [-0.4, -0.2) is 22.8 Å². The highest BCUT2D eigenvalue weighted by Gasteiger charge is 2.32. The smallest absolute Gasteiger partial charge is 0.330 e. The van der Waals surface area contributed by atoms with Crippen LogP contribution in [-0.2, 0) is 25.6 Å². The van der Waals surface area contributed by atoms with E-state index >= 15 is 0 Å². The van der Waals surface area contributed by atoms with E-state index in [1.165, 1.54) is 0 Å². The van der Waals surface area contributed by atoms with Crippen LogP contribution >= 0.6 is 0 Å². The fourth-order valence-electron chi connectivity index (χ4n) is 2.62. The Hall–Kier alpha value is -3.05. The summed E-state index contributed by atoms with van der Waals surface area (Å²) in [5.74, 6) is 7.30. The largest absolute Gasteiger partial charge is 0.337 e. The first kappa shape index (κ1) is 20.3. The summed E-state index contributed by atoms with van der Waals surface area (Å²) in [6.07, 6.45) is 11.5. The van der Waals surface area contributed by atoms with Crippen LogP contribution in [0.2, 0.25) is 0 Å². The third-order valence-electron chi connectivity index (χ3n) is 4.11. The molecule has 1 fully saturated rings. The Kier molecular flexibility index (Phi) is 8.13. The van der Waals surface area contributed by atoms with Gasteiger partial charge in [-0.05, 0) is 30.5 Å². The minimum absolute atomic E-state index is 0.0115. The number of carbonyl (C=O) groups excluding carboxylic acids is 3. The number of imide groups is 1. The fraction of sp³-hybridized carbons (Fsp3) is 0.409. The highest BCUT2D eigenvalue weighted by atomic mass is 16.7. The van der Waals surface area contributed by atoms with Gasteiger partial charge in [-0.15, -0.1) is 17.4 Å². The minimum Gasteiger partial charge on any atom is -0.330 e. The van der Waals surface area contributed by atoms with Gasteiger partial charge in [-0.1, -0.05) is 36.8 Å². The zero-order chi connectivity index (χ0) is 19.5. The Labute approximate surface area is 160 Å². The molecule has 1 aliphatic heterocycles. The minimum atomic E-state index is -0.637. The first-order valence-electron chi connectivity index (χ1n) is 9.18. The van der Waals surface area contributed by atoms with E-state index in [0.29, 0.717) is 5.06 Å². The highest BCUT2D eigenvalue weighted by Crippen LogP contribution is 2.13. The van der Waals surface area contributed by atoms with Gasteiger partial charge in [0.15, 0.2) is 0 Å². The molecule has 0 N–H and O–H groups in total. The lowest BCUT2D eigenvalue weighted by Crippen LogP contribution is -2.32. The second kappa shape index (κ2) is 10.8. The molecule has 0 unspecified atom stereocenters. The molecule has 2 rings (SSSR count). The lowest BCUT2D eigenvalue weighted by molar-refractivity contribution is -0.197. The summed E-state index contributed by atoms with van der Waals surface area (Å²) in [4.78, 5) is 39.6. The average Bonchev–Trinajstić information content (AvgIpc) is 2.97. The van der Waals surface area contributed by atoms with Crippen molar-refractivity contribution >= 4 is 17.8 Å². The van der Waals surface area contributed by atoms with E-state index in [2.05, 4.69) is 17.8 Å². The number of carbonyl (C=O) groups is 3. The van der Waals surface area contributed by atoms with Gasteiger partial charge in [0, 0.05) is 31.2 Å². The maximum absolute atomic E-state index is 11.9. The number of benzene rings is 1. The molecule has 140 valence electrons. The van der Waals surface area contributed by atoms with E-state index < -0.39 is 17.8 Å². The molecule has 0 saturated carbocycles. The van der Waals surface area contributed by atoms with Crippen LogP contribution < -0.4 is 0 Å². The molecule has 1 aromatic carbocycles. The predicted molar refractivity (Wildman–Crippen MR) is 101 cm³/mol. The second-order valence-corrected chi connectivity index (χ2v) is 6.34. The molecular weight excluding hydrogens is 342 g/mol. The molecule has 1 saturated heterocycles. The van der Waals surface area contributed by atoms with Crippen molar-refractivity contribution in [3.8, 4) is 24.2 Å². The third-order valence-corrected chi connectivity index (χ3v) is 4.11. The van der Waals surface area contributed by atoms with Crippen molar-refractivity contribution in [1.29, 1.82) is 0 Å². The molecule has 1 heterocycles. The molecular formula is C22H23NO4. The summed E-state index contributed by atoms with van der Waals surface area (Å²) in [5, 5.41) is 0.564. The Morgan fingerprint density at radius 2 is 1.63 bits per heavy atom. The first-order chi connectivity index (χ1) is 13.1. The number of nitrogens with zero attached hydrogens (tertiary/aromatic N) is 1. The lowest BCUT2D eigenvalue weighted by Gasteiger charge is -2.12. The number of amides is 2. The standard InChI is InChI=1S/C22H23NO4/c1-2-3-4-5-6-7-8-9-10-18-11-13-19(14-12-18)17-22(26)27-23-20(24)15-16-21(23)25/h1,11-14H,3-8,15-17H2. The predicted octanol–water partition coefficient (Wildman–Crippen LogP) is 3.16. The SMILES string of the molecule is C#CCCCCCCC#Cc1ccc(CC(=O)ON2C(=O)CCC2=O)cc1. The van der Waals surface area contributed by atoms with Crippen LogP contribution in [0.15, 0.2) is 24.3 Å². The van der Waals surface area contributed by atoms with Crippen molar-refractivity contribution in [3.05, 3.63) is 35.4 Å². The molecule has 0 bridgehead atoms. The molecule has 1 aromatic rings. The van der Waals surface area contributed by atoms with Gasteiger partial charge in [-0.25, -0.2) is 4.79 Å². The van der Waals surface area contributed by atoms with Gasteiger partial charge >= 0.3 is 5.97 Å². The summed E-state index contributed by atoms with van der Waals surface area (Å²) in [5.41, 5.74) is 1.61. The van der Waals surface area contributed by atoms with Crippen LogP contribution in [0.5, 0.6) is 0 Å². The van der Waals surface area contributed by atoms with Gasteiger partial charge < -0.3 is 4.84 Å². The van der Waals surface area contributed by atoms with Crippen LogP contribution in [0.1, 0.15) is 62.5 Å². The summed E-state index contributed by atoms with van der Waals surface area (Å²) >= 11 is 0. The van der Waals surface area contributed by atoms with E-state index in [0.717, 1.165) is 49.7 Å². The van der Waals surface area contributed by atoms with Crippen LogP contribution in [0.25, 0.3) is 0 Å². The lowest BCUT2D eigenvalue weighted by atomic mass is 10.1. The fourth-order valence-corrected chi connectivity index (χ4v) is 2.62. The van der Waals surface area contributed by atoms with E-state index in [9.17, 15) is 14.4 Å². The van der Waals surface area contributed by atoms with Crippen LogP contribution in [0, 0.1) is 24.2 Å². The highest BCUT2D eigenvalue weighted by molar-refractivity contribution is 6.01. The molecule has 0 spiro atoms. The molecule has 0 aromatic heterocycles. The second-order valence-electron chi connectivity index (χ2n) is 6.34. The quantitative estimate of drug-likeness (QED) is 0.403. The van der Waals surface area contributed by atoms with Gasteiger partial charge in [0.05, 0.1) is 6.42 Å². The molecule has 0 atom stereocenters. The Balaban J connectivity index is 1.73. The third kappa shape index (κ3) is 6.99. The molecule has 27 heavy (non-hydrogen) atoms. The summed E-state index contributed by atoms with van der Waals surface area (Å²) < 4.78 is 0. The maximum atomic E-state index is 11.9. The van der Waals surface area contributed by atoms with Crippen molar-refractivity contribution in [2.45, 2.75) is 57.8 Å². The molecule has 5 nitrogen and oxygen atoms in total. The Bertz CT molecular complexity index is 761. The molecule has 0 radical (unpaired) electrons. The van der Waals surface area contributed by atoms with Crippen LogP contribution in [0.3, 0.4) is 0 Å². The zero-order valence-electron chi connectivity index (χ0n) is 15.3. The molecule has 5 heteroatoms. The number of terminal acetylenes is 1. The molecule has 2 amide bonds. The number of rotatable bonds is 8. The Morgan fingerprint density at radius 1 is 1.00 bits per heavy atom. The first-order valence-corrected chi connectivity index (χ1v) is 9.18. The number of hydrogen-bond donors (Lipinski definition) is 0. The van der Waals surface area contributed by atoms with Crippen molar-refractivity contribution in [2.24, 2.45) is 0 Å². The van der Waals surface area contributed by atoms with Crippen molar-refractivity contribution in [1.82, 2.24) is 5.06 Å².